The molecule has 2 aromatic rings. The van der Waals surface area contributed by atoms with Gasteiger partial charge in [0.05, 0.1) is 0 Å². The molecule has 0 spiro atoms. The van der Waals surface area contributed by atoms with Crippen molar-refractivity contribution >= 4 is 35.4 Å². The number of carbonyl (C=O) groups excluding carboxylic acids is 1. The Kier molecular flexibility index (Phi) is 7.66. The quantitative estimate of drug-likeness (QED) is 0.527. The first-order valence-electron chi connectivity index (χ1n) is 7.64. The second-order valence-corrected chi connectivity index (χ2v) is 5.84. The van der Waals surface area contributed by atoms with Crippen LogP contribution in [0.15, 0.2) is 54.6 Å². The van der Waals surface area contributed by atoms with Crippen LogP contribution >= 0.6 is 23.2 Å². The van der Waals surface area contributed by atoms with E-state index in [9.17, 15) is 4.79 Å². The zero-order valence-electron chi connectivity index (χ0n) is 13.2. The maximum absolute atomic E-state index is 11.6. The summed E-state index contributed by atoms with van der Waals surface area (Å²) < 4.78 is 5.13. The van der Waals surface area contributed by atoms with Gasteiger partial charge in [0.2, 0.25) is 0 Å². The largest absolute Gasteiger partial charge is 0.445 e. The van der Waals surface area contributed by atoms with Crippen LogP contribution in [-0.4, -0.2) is 12.6 Å². The van der Waals surface area contributed by atoms with Gasteiger partial charge in [0.15, 0.2) is 0 Å². The van der Waals surface area contributed by atoms with Crippen LogP contribution in [0.3, 0.4) is 0 Å². The number of hydrogen-bond donors (Lipinski definition) is 1. The Balaban J connectivity index is 1.67. The number of hydrogen-bond acceptors (Lipinski definition) is 2. The number of nitrogens with one attached hydrogen (secondary N) is 1. The number of benzene rings is 2. The van der Waals surface area contributed by atoms with Crippen molar-refractivity contribution in [1.82, 2.24) is 5.32 Å². The third kappa shape index (κ3) is 6.26. The fourth-order valence-electron chi connectivity index (χ4n) is 2.05. The summed E-state index contributed by atoms with van der Waals surface area (Å²) in [6.45, 7) is 0.786. The summed E-state index contributed by atoms with van der Waals surface area (Å²) in [4.78, 5) is 11.6. The smallest absolute Gasteiger partial charge is 0.407 e. The molecule has 0 unspecified atom stereocenters. The molecule has 5 heteroatoms. The minimum absolute atomic E-state index is 0.272. The van der Waals surface area contributed by atoms with E-state index in [0.717, 1.165) is 16.7 Å². The summed E-state index contributed by atoms with van der Waals surface area (Å²) in [6.07, 6.45) is 4.25. The zero-order chi connectivity index (χ0) is 17.2. The molecular formula is C19H19Cl2NO2. The summed E-state index contributed by atoms with van der Waals surface area (Å²) >= 11 is 11.8. The minimum atomic E-state index is -0.414. The molecule has 2 rings (SSSR count). The van der Waals surface area contributed by atoms with E-state index < -0.39 is 6.09 Å². The third-order valence-electron chi connectivity index (χ3n) is 3.32. The van der Waals surface area contributed by atoms with Crippen molar-refractivity contribution in [3.63, 3.8) is 0 Å². The van der Waals surface area contributed by atoms with Gasteiger partial charge in [0, 0.05) is 17.4 Å². The standard InChI is InChI=1S/C19H19Cl2NO2/c20-13-17-12-15(9-10-18(17)21)6-4-5-11-22-19(23)24-14-16-7-2-1-3-8-16/h1-4,6-10,12H,5,11,13-14H2,(H,22,23). The lowest BCUT2D eigenvalue weighted by molar-refractivity contribution is 0.140. The summed E-state index contributed by atoms with van der Waals surface area (Å²) in [5.41, 5.74) is 2.90. The lowest BCUT2D eigenvalue weighted by atomic mass is 10.1. The van der Waals surface area contributed by atoms with Crippen LogP contribution < -0.4 is 5.32 Å². The summed E-state index contributed by atoms with van der Waals surface area (Å²) in [6, 6.07) is 15.3. The fraction of sp³-hybridized carbons (Fsp3) is 0.211. The van der Waals surface area contributed by atoms with Crippen LogP contribution in [0.1, 0.15) is 23.1 Å². The lowest BCUT2D eigenvalue weighted by Gasteiger charge is -2.06. The first kappa shape index (κ1) is 18.4. The van der Waals surface area contributed by atoms with Crippen molar-refractivity contribution < 1.29 is 9.53 Å². The van der Waals surface area contributed by atoms with Gasteiger partial charge >= 0.3 is 6.09 Å². The van der Waals surface area contributed by atoms with Crippen LogP contribution in [0, 0.1) is 0 Å². The Morgan fingerprint density at radius 2 is 1.96 bits per heavy atom. The van der Waals surface area contributed by atoms with E-state index >= 15 is 0 Å². The molecule has 0 atom stereocenters. The van der Waals surface area contributed by atoms with Crippen LogP contribution in [0.4, 0.5) is 4.79 Å². The predicted molar refractivity (Wildman–Crippen MR) is 99.3 cm³/mol. The molecule has 2 aromatic carbocycles. The van der Waals surface area contributed by atoms with Crippen molar-refractivity contribution in [2.45, 2.75) is 18.9 Å². The molecule has 3 nitrogen and oxygen atoms in total. The molecular weight excluding hydrogens is 345 g/mol. The molecule has 0 heterocycles. The molecule has 126 valence electrons. The molecule has 0 radical (unpaired) electrons. The first-order valence-corrected chi connectivity index (χ1v) is 8.56. The third-order valence-corrected chi connectivity index (χ3v) is 3.97. The van der Waals surface area contributed by atoms with Gasteiger partial charge in [-0.05, 0) is 35.2 Å². The van der Waals surface area contributed by atoms with E-state index in [1.165, 1.54) is 0 Å². The highest BCUT2D eigenvalue weighted by molar-refractivity contribution is 6.32. The number of rotatable bonds is 7. The first-order chi connectivity index (χ1) is 11.7. The van der Waals surface area contributed by atoms with Crippen LogP contribution in [-0.2, 0) is 17.2 Å². The van der Waals surface area contributed by atoms with Gasteiger partial charge in [0.25, 0.3) is 0 Å². The average Bonchev–Trinajstić information content (AvgIpc) is 2.62. The number of halogens is 2. The molecule has 0 aliphatic carbocycles. The fourth-order valence-corrected chi connectivity index (χ4v) is 2.53. The van der Waals surface area contributed by atoms with Gasteiger partial charge in [-0.1, -0.05) is 60.2 Å². The zero-order valence-corrected chi connectivity index (χ0v) is 14.7. The van der Waals surface area contributed by atoms with E-state index in [1.54, 1.807) is 0 Å². The Hall–Kier alpha value is -1.97. The van der Waals surface area contributed by atoms with Gasteiger partial charge in [-0.2, -0.15) is 0 Å². The maximum atomic E-state index is 11.6. The van der Waals surface area contributed by atoms with Crippen molar-refractivity contribution in [2.75, 3.05) is 6.54 Å². The molecule has 24 heavy (non-hydrogen) atoms. The van der Waals surface area contributed by atoms with Crippen molar-refractivity contribution in [3.05, 3.63) is 76.3 Å². The molecule has 0 aromatic heterocycles. The number of carbonyl (C=O) groups is 1. The maximum Gasteiger partial charge on any atom is 0.407 e. The van der Waals surface area contributed by atoms with Crippen molar-refractivity contribution in [2.24, 2.45) is 0 Å². The van der Waals surface area contributed by atoms with Crippen LogP contribution in [0.5, 0.6) is 0 Å². The van der Waals surface area contributed by atoms with Crippen molar-refractivity contribution in [3.8, 4) is 0 Å². The van der Waals surface area contributed by atoms with Gasteiger partial charge in [0.1, 0.15) is 6.61 Å². The second kappa shape index (κ2) is 10.0. The van der Waals surface area contributed by atoms with Gasteiger partial charge in [-0.15, -0.1) is 11.6 Å². The van der Waals surface area contributed by atoms with Crippen molar-refractivity contribution in [1.29, 1.82) is 0 Å². The number of ether oxygens (including phenoxy) is 1. The summed E-state index contributed by atoms with van der Waals surface area (Å²) in [5.74, 6) is 0.384. The molecule has 0 aliphatic rings. The van der Waals surface area contributed by atoms with E-state index in [1.807, 2.05) is 60.7 Å². The van der Waals surface area contributed by atoms with Gasteiger partial charge < -0.3 is 10.1 Å². The molecule has 1 N–H and O–H groups in total. The highest BCUT2D eigenvalue weighted by Crippen LogP contribution is 2.20. The normalized spacial score (nSPS) is 10.8. The Morgan fingerprint density at radius 1 is 1.17 bits per heavy atom. The Labute approximate surface area is 152 Å². The highest BCUT2D eigenvalue weighted by atomic mass is 35.5. The molecule has 0 saturated heterocycles. The molecule has 0 fully saturated rings. The highest BCUT2D eigenvalue weighted by Gasteiger charge is 2.01. The van der Waals surface area contributed by atoms with Gasteiger partial charge in [-0.25, -0.2) is 4.79 Å². The monoisotopic (exact) mass is 363 g/mol. The van der Waals surface area contributed by atoms with E-state index in [4.69, 9.17) is 27.9 Å². The topological polar surface area (TPSA) is 38.3 Å². The predicted octanol–water partition coefficient (Wildman–Crippen LogP) is 5.41. The summed E-state index contributed by atoms with van der Waals surface area (Å²) in [5, 5.41) is 3.39. The second-order valence-electron chi connectivity index (χ2n) is 5.16. The van der Waals surface area contributed by atoms with Gasteiger partial charge in [-0.3, -0.25) is 0 Å². The summed E-state index contributed by atoms with van der Waals surface area (Å²) in [7, 11) is 0. The van der Waals surface area contributed by atoms with Crippen LogP contribution in [0.2, 0.25) is 5.02 Å². The van der Waals surface area contributed by atoms with Crippen LogP contribution in [0.25, 0.3) is 6.08 Å². The number of alkyl carbamates (subject to hydrolysis) is 1. The average molecular weight is 364 g/mol. The Morgan fingerprint density at radius 3 is 2.71 bits per heavy atom. The molecule has 0 saturated carbocycles. The number of amides is 1. The molecule has 0 aliphatic heterocycles. The van der Waals surface area contributed by atoms with E-state index in [-0.39, 0.29) is 6.61 Å². The lowest BCUT2D eigenvalue weighted by Crippen LogP contribution is -2.24. The number of alkyl halides is 1. The van der Waals surface area contributed by atoms with E-state index in [0.29, 0.717) is 23.9 Å². The molecule has 0 bridgehead atoms. The Bertz CT molecular complexity index is 687. The van der Waals surface area contributed by atoms with E-state index in [2.05, 4.69) is 5.32 Å². The molecule has 1 amide bonds. The SMILES string of the molecule is O=C(NCCC=Cc1ccc(Cl)c(CCl)c1)OCc1ccccc1. The minimum Gasteiger partial charge on any atom is -0.445 e.